The third-order valence-corrected chi connectivity index (χ3v) is 11.0. The van der Waals surface area contributed by atoms with Crippen LogP contribution in [-0.2, 0) is 0 Å². The molecule has 0 N–H and O–H groups in total. The van der Waals surface area contributed by atoms with Crippen molar-refractivity contribution in [1.29, 1.82) is 0 Å². The third-order valence-electron chi connectivity index (χ3n) is 11.0. The average Bonchev–Trinajstić information content (AvgIpc) is 3.81. The van der Waals surface area contributed by atoms with Gasteiger partial charge < -0.3 is 13.9 Å². The molecule has 0 saturated carbocycles. The lowest BCUT2D eigenvalue weighted by molar-refractivity contribution is 0.668. The molecule has 11 aromatic rings. The molecule has 0 spiro atoms. The Hall–Kier alpha value is -7.50. The Balaban J connectivity index is 1.08. The lowest BCUT2D eigenvalue weighted by atomic mass is 10.0. The maximum Gasteiger partial charge on any atom is 0.161 e. The quantitative estimate of drug-likeness (QED) is 0.172. The summed E-state index contributed by atoms with van der Waals surface area (Å²) in [4.78, 5) is 12.6. The predicted molar refractivity (Wildman–Crippen MR) is 232 cm³/mol. The van der Waals surface area contributed by atoms with Crippen LogP contribution in [0.25, 0.3) is 94.1 Å². The van der Waals surface area contributed by atoms with Crippen molar-refractivity contribution >= 4 is 66.0 Å². The summed E-state index contributed by atoms with van der Waals surface area (Å²) in [5.41, 5.74) is 13.4. The molecular formula is C51H34N4O. The molecule has 11 rings (SSSR count). The zero-order valence-electron chi connectivity index (χ0n) is 30.6. The number of aromatic nitrogens is 3. The van der Waals surface area contributed by atoms with Gasteiger partial charge in [-0.2, -0.15) is 0 Å². The average molecular weight is 719 g/mol. The number of fused-ring (bicyclic) bond motifs is 7. The molecule has 0 aliphatic carbocycles. The van der Waals surface area contributed by atoms with Crippen LogP contribution in [0.2, 0.25) is 0 Å². The summed E-state index contributed by atoms with van der Waals surface area (Å²) in [6.45, 7) is 0. The van der Waals surface area contributed by atoms with Crippen molar-refractivity contribution in [2.75, 3.05) is 11.9 Å². The summed E-state index contributed by atoms with van der Waals surface area (Å²) in [5, 5.41) is 5.47. The van der Waals surface area contributed by atoms with Gasteiger partial charge in [0.2, 0.25) is 0 Å². The van der Waals surface area contributed by atoms with E-state index in [4.69, 9.17) is 14.4 Å². The maximum absolute atomic E-state index is 6.68. The molecule has 3 aromatic heterocycles. The zero-order valence-corrected chi connectivity index (χ0v) is 30.6. The number of anilines is 2. The van der Waals surface area contributed by atoms with E-state index in [9.17, 15) is 0 Å². The Morgan fingerprint density at radius 3 is 2.05 bits per heavy atom. The normalized spacial score (nSPS) is 11.7. The minimum absolute atomic E-state index is 0.674. The first-order chi connectivity index (χ1) is 27.7. The first-order valence-corrected chi connectivity index (χ1v) is 18.9. The lowest BCUT2D eigenvalue weighted by Gasteiger charge is -2.23. The fraction of sp³-hybridized carbons (Fsp3) is 0.0196. The van der Waals surface area contributed by atoms with E-state index in [1.807, 2.05) is 30.3 Å². The molecule has 0 bridgehead atoms. The van der Waals surface area contributed by atoms with Crippen molar-refractivity contribution in [2.24, 2.45) is 0 Å². The van der Waals surface area contributed by atoms with Crippen LogP contribution < -0.4 is 4.90 Å². The Morgan fingerprint density at radius 2 is 1.18 bits per heavy atom. The molecule has 0 fully saturated rings. The number of hydrogen-bond acceptors (Lipinski definition) is 4. The number of rotatable bonds is 6. The molecule has 0 amide bonds. The fourth-order valence-electron chi connectivity index (χ4n) is 8.37. The Morgan fingerprint density at radius 1 is 0.482 bits per heavy atom. The summed E-state index contributed by atoms with van der Waals surface area (Å²) < 4.78 is 9.05. The molecule has 0 radical (unpaired) electrons. The maximum atomic E-state index is 6.68. The van der Waals surface area contributed by atoms with E-state index < -0.39 is 0 Å². The van der Waals surface area contributed by atoms with E-state index in [-0.39, 0.29) is 0 Å². The predicted octanol–water partition coefficient (Wildman–Crippen LogP) is 13.4. The highest BCUT2D eigenvalue weighted by atomic mass is 16.3. The van der Waals surface area contributed by atoms with Crippen LogP contribution in [0.4, 0.5) is 11.4 Å². The Labute approximate surface area is 323 Å². The van der Waals surface area contributed by atoms with Crippen LogP contribution in [0.3, 0.4) is 0 Å². The van der Waals surface area contributed by atoms with E-state index in [2.05, 4.69) is 174 Å². The molecule has 264 valence electrons. The zero-order chi connectivity index (χ0) is 37.2. The van der Waals surface area contributed by atoms with Gasteiger partial charge in [0, 0.05) is 73.8 Å². The van der Waals surface area contributed by atoms with Crippen molar-refractivity contribution in [3.8, 4) is 39.5 Å². The van der Waals surface area contributed by atoms with Crippen molar-refractivity contribution in [3.05, 3.63) is 188 Å². The highest BCUT2D eigenvalue weighted by Gasteiger charge is 2.20. The van der Waals surface area contributed by atoms with Gasteiger partial charge in [-0.1, -0.05) is 127 Å². The number of furan rings is 1. The van der Waals surface area contributed by atoms with Gasteiger partial charge in [-0.25, -0.2) is 9.97 Å². The second-order valence-electron chi connectivity index (χ2n) is 14.2. The van der Waals surface area contributed by atoms with Gasteiger partial charge in [0.15, 0.2) is 5.82 Å². The SMILES string of the molecule is CN(c1ccccc1)c1ccccc1-c1ccc2c3ccccc3n(-c3ccc4c(c3)oc3cccc(-c5nc(-c6ccccc6)c6ccccc6n5)c34)c2c1. The van der Waals surface area contributed by atoms with Gasteiger partial charge in [0.1, 0.15) is 11.2 Å². The molecule has 56 heavy (non-hydrogen) atoms. The molecule has 0 atom stereocenters. The van der Waals surface area contributed by atoms with E-state index >= 15 is 0 Å². The van der Waals surface area contributed by atoms with Crippen LogP contribution in [0.1, 0.15) is 0 Å². The van der Waals surface area contributed by atoms with Gasteiger partial charge >= 0.3 is 0 Å². The second-order valence-corrected chi connectivity index (χ2v) is 14.2. The lowest BCUT2D eigenvalue weighted by Crippen LogP contribution is -2.10. The van der Waals surface area contributed by atoms with E-state index in [1.165, 1.54) is 16.3 Å². The van der Waals surface area contributed by atoms with Crippen LogP contribution in [0.5, 0.6) is 0 Å². The number of para-hydroxylation sites is 4. The molecule has 3 heterocycles. The third kappa shape index (κ3) is 5.09. The fourth-order valence-corrected chi connectivity index (χ4v) is 8.37. The van der Waals surface area contributed by atoms with Gasteiger partial charge in [-0.15, -0.1) is 0 Å². The molecule has 0 saturated heterocycles. The molecule has 5 heteroatoms. The summed E-state index contributed by atoms with van der Waals surface area (Å²) in [7, 11) is 2.13. The van der Waals surface area contributed by atoms with Crippen LogP contribution in [-0.4, -0.2) is 21.6 Å². The second kappa shape index (κ2) is 12.8. The minimum atomic E-state index is 0.674. The van der Waals surface area contributed by atoms with Crippen LogP contribution >= 0.6 is 0 Å². The molecule has 8 aromatic carbocycles. The van der Waals surface area contributed by atoms with Gasteiger partial charge in [-0.05, 0) is 60.2 Å². The molecule has 5 nitrogen and oxygen atoms in total. The van der Waals surface area contributed by atoms with Gasteiger partial charge in [0.25, 0.3) is 0 Å². The van der Waals surface area contributed by atoms with Crippen molar-refractivity contribution in [2.45, 2.75) is 0 Å². The Bertz CT molecular complexity index is 3270. The molecular weight excluding hydrogens is 685 g/mol. The van der Waals surface area contributed by atoms with Crippen molar-refractivity contribution in [1.82, 2.24) is 14.5 Å². The van der Waals surface area contributed by atoms with E-state index in [0.29, 0.717) is 5.82 Å². The van der Waals surface area contributed by atoms with E-state index in [0.717, 1.165) is 83.3 Å². The summed E-state index contributed by atoms with van der Waals surface area (Å²) in [5.74, 6) is 0.674. The van der Waals surface area contributed by atoms with Crippen molar-refractivity contribution in [3.63, 3.8) is 0 Å². The highest BCUT2D eigenvalue weighted by molar-refractivity contribution is 6.14. The topological polar surface area (TPSA) is 47.1 Å². The van der Waals surface area contributed by atoms with Crippen LogP contribution in [0.15, 0.2) is 192 Å². The summed E-state index contributed by atoms with van der Waals surface area (Å²) in [6.07, 6.45) is 0. The van der Waals surface area contributed by atoms with Gasteiger partial charge in [-0.3, -0.25) is 0 Å². The van der Waals surface area contributed by atoms with Crippen LogP contribution in [0, 0.1) is 0 Å². The van der Waals surface area contributed by atoms with Crippen molar-refractivity contribution < 1.29 is 4.42 Å². The first kappa shape index (κ1) is 32.0. The highest BCUT2D eigenvalue weighted by Crippen LogP contribution is 2.41. The Kier molecular flexibility index (Phi) is 7.32. The summed E-state index contributed by atoms with van der Waals surface area (Å²) in [6, 6.07) is 65.9. The molecule has 0 aliphatic rings. The van der Waals surface area contributed by atoms with Gasteiger partial charge in [0.05, 0.1) is 22.2 Å². The van der Waals surface area contributed by atoms with E-state index in [1.54, 1.807) is 0 Å². The first-order valence-electron chi connectivity index (χ1n) is 18.9. The minimum Gasteiger partial charge on any atom is -0.456 e. The molecule has 0 aliphatic heterocycles. The monoisotopic (exact) mass is 718 g/mol. The standard InChI is InChI=1S/C51H34N4O/c1-54(35-17-6-3-7-18-35)44-24-12-9-19-37(44)34-27-29-39-38-20-10-13-25-45(38)55(46(39)31-34)36-28-30-41-48(32-36)56-47-26-14-22-42(49(41)47)51-52-43-23-11-8-21-40(43)50(53-51)33-15-4-2-5-16-33/h2-32H,1H3. The molecule has 0 unspecified atom stereocenters. The smallest absolute Gasteiger partial charge is 0.161 e. The number of benzene rings is 8. The largest absolute Gasteiger partial charge is 0.456 e. The number of hydrogen-bond donors (Lipinski definition) is 0. The number of nitrogens with zero attached hydrogens (tertiary/aromatic N) is 4. The summed E-state index contributed by atoms with van der Waals surface area (Å²) >= 11 is 0.